The van der Waals surface area contributed by atoms with Crippen molar-refractivity contribution in [2.75, 3.05) is 13.7 Å². The van der Waals surface area contributed by atoms with Gasteiger partial charge in [-0.05, 0) is 62.6 Å². The first-order chi connectivity index (χ1) is 22.6. The number of esters is 1. The van der Waals surface area contributed by atoms with Crippen molar-refractivity contribution in [3.63, 3.8) is 0 Å². The third kappa shape index (κ3) is 8.87. The molecule has 4 rings (SSSR count). The number of benzene rings is 2. The van der Waals surface area contributed by atoms with Crippen LogP contribution in [0.15, 0.2) is 60.8 Å². The van der Waals surface area contributed by atoms with Gasteiger partial charge >= 0.3 is 13.7 Å². The number of rotatable bonds is 14. The molecule has 1 amide bonds. The summed E-state index contributed by atoms with van der Waals surface area (Å²) in [7, 11) is -3.12. The van der Waals surface area contributed by atoms with E-state index >= 15 is 4.39 Å². The van der Waals surface area contributed by atoms with E-state index in [1.807, 2.05) is 0 Å². The number of hydrogen-bond acceptors (Lipinski definition) is 10. The minimum atomic E-state index is -4.43. The highest BCUT2D eigenvalue weighted by Crippen LogP contribution is 2.47. The summed E-state index contributed by atoms with van der Waals surface area (Å²) < 4.78 is 71.7. The number of halogens is 2. The Kier molecular flexibility index (Phi) is 11.8. The number of hydrogen-bond donors (Lipinski definition) is 3. The first kappa shape index (κ1) is 37.2. The highest BCUT2D eigenvalue weighted by atomic mass is 31.2. The van der Waals surface area contributed by atoms with Gasteiger partial charge in [-0.1, -0.05) is 43.3 Å². The van der Waals surface area contributed by atoms with Crippen molar-refractivity contribution in [2.45, 2.75) is 83.1 Å². The Hall–Kier alpha value is -3.65. The van der Waals surface area contributed by atoms with Gasteiger partial charge in [-0.25, -0.2) is 13.3 Å². The van der Waals surface area contributed by atoms with E-state index in [2.05, 4.69) is 10.4 Å². The smallest absolute Gasteiger partial charge is 0.459 e. The lowest BCUT2D eigenvalue weighted by Gasteiger charge is -2.46. The van der Waals surface area contributed by atoms with Crippen LogP contribution in [-0.4, -0.2) is 77.7 Å². The largest absolute Gasteiger partial charge is 0.462 e. The molecule has 0 aliphatic carbocycles. The van der Waals surface area contributed by atoms with E-state index in [1.165, 1.54) is 49.4 Å². The first-order valence-corrected chi connectivity index (χ1v) is 17.0. The van der Waals surface area contributed by atoms with Crippen molar-refractivity contribution >= 4 is 31.8 Å². The Balaban J connectivity index is 1.54. The van der Waals surface area contributed by atoms with Crippen LogP contribution in [0.25, 0.3) is 12.2 Å². The summed E-state index contributed by atoms with van der Waals surface area (Å²) in [5, 5.41) is 16.2. The van der Waals surface area contributed by atoms with Crippen LogP contribution in [-0.2, 0) is 32.9 Å². The summed E-state index contributed by atoms with van der Waals surface area (Å²) in [6.07, 6.45) is 1.15. The van der Waals surface area contributed by atoms with E-state index in [0.717, 1.165) is 24.1 Å². The number of carbonyl (C=O) groups is 2. The van der Waals surface area contributed by atoms with E-state index in [1.54, 1.807) is 57.2 Å². The molecule has 0 saturated carbocycles. The summed E-state index contributed by atoms with van der Waals surface area (Å²) in [5.41, 5.74) is -0.874. The lowest BCUT2D eigenvalue weighted by Crippen LogP contribution is -2.66. The Morgan fingerprint density at radius 3 is 2.31 bits per heavy atom. The summed E-state index contributed by atoms with van der Waals surface area (Å²) in [5.74, 6) is -2.90. The molecular formula is C33H42F2N3O9P. The molecule has 7 atom stereocenters. The highest BCUT2D eigenvalue weighted by molar-refractivity contribution is 7.52. The Morgan fingerprint density at radius 2 is 1.75 bits per heavy atom. The number of aliphatic hydroxyl groups excluding tert-OH is 1. The van der Waals surface area contributed by atoms with Crippen molar-refractivity contribution in [2.24, 2.45) is 0 Å². The average Bonchev–Trinajstić information content (AvgIpc) is 3.26. The molecule has 48 heavy (non-hydrogen) atoms. The third-order valence-corrected chi connectivity index (χ3v) is 9.38. The summed E-state index contributed by atoms with van der Waals surface area (Å²) in [4.78, 5) is 26.0. The number of nitrogens with zero attached hydrogens (tertiary/aromatic N) is 1. The molecule has 0 radical (unpaired) electrons. The van der Waals surface area contributed by atoms with E-state index in [9.17, 15) is 23.7 Å². The van der Waals surface area contributed by atoms with Gasteiger partial charge in [0, 0.05) is 26.3 Å². The van der Waals surface area contributed by atoms with Crippen LogP contribution in [0.4, 0.5) is 8.78 Å². The van der Waals surface area contributed by atoms with Crippen molar-refractivity contribution < 1.29 is 51.3 Å². The molecule has 1 fully saturated rings. The monoisotopic (exact) mass is 693 g/mol. The van der Waals surface area contributed by atoms with Gasteiger partial charge < -0.3 is 34.1 Å². The molecule has 12 nitrogen and oxygen atoms in total. The topological polar surface area (TPSA) is 145 Å². The number of aliphatic hydroxyl groups is 1. The first-order valence-electron chi connectivity index (χ1n) is 15.4. The molecule has 3 N–H and O–H groups in total. The number of amides is 1. The zero-order valence-electron chi connectivity index (χ0n) is 27.6. The molecule has 0 spiro atoms. The van der Waals surface area contributed by atoms with E-state index in [-0.39, 0.29) is 18.0 Å². The molecule has 2 aromatic carbocycles. The number of alkyl halides is 1. The number of nitrogens with one attached hydrogen (secondary N) is 2. The van der Waals surface area contributed by atoms with Crippen molar-refractivity contribution in [3.8, 4) is 5.75 Å². The van der Waals surface area contributed by atoms with Gasteiger partial charge in [0.1, 0.15) is 29.8 Å². The highest BCUT2D eigenvalue weighted by Gasteiger charge is 2.59. The second kappa shape index (κ2) is 15.3. The van der Waals surface area contributed by atoms with E-state index in [0.29, 0.717) is 0 Å². The van der Waals surface area contributed by atoms with Gasteiger partial charge in [0.2, 0.25) is 11.8 Å². The lowest BCUT2D eigenvalue weighted by molar-refractivity contribution is -0.213. The molecule has 1 saturated heterocycles. The predicted octanol–water partition coefficient (Wildman–Crippen LogP) is 4.90. The maximum Gasteiger partial charge on any atom is 0.459 e. The molecule has 0 bridgehead atoms. The van der Waals surface area contributed by atoms with Crippen molar-refractivity contribution in [1.29, 1.82) is 0 Å². The summed E-state index contributed by atoms with van der Waals surface area (Å²) in [6.45, 7) is 7.00. The zero-order chi connectivity index (χ0) is 35.3. The van der Waals surface area contributed by atoms with Crippen LogP contribution >= 0.6 is 7.75 Å². The van der Waals surface area contributed by atoms with Gasteiger partial charge in [-0.2, -0.15) is 5.09 Å². The van der Waals surface area contributed by atoms with Crippen LogP contribution < -0.4 is 14.9 Å². The zero-order valence-corrected chi connectivity index (χ0v) is 28.5. The molecule has 0 aromatic heterocycles. The minimum Gasteiger partial charge on any atom is -0.462 e. The maximum absolute atomic E-state index is 16.1. The molecule has 2 unspecified atom stereocenters. The summed E-state index contributed by atoms with van der Waals surface area (Å²) >= 11 is 0. The number of carbonyl (C=O) groups excluding carboxylic acids is 2. The summed E-state index contributed by atoms with van der Waals surface area (Å²) in [6, 6.07) is 11.3. The predicted molar refractivity (Wildman–Crippen MR) is 173 cm³/mol. The standard InChI is InChI=1S/C33H42F2N3O9P/c1-7-26(30(41)45-21(2)3)37-48(42,47-25-16-12-23(13-17-25)9-8-22-10-14-24(34)15-11-22)44-20-27-29(40)32(4,35)31(46-27)38-19-18-28(39)36-33(38,5)43-6/h8-19,21,26-27,29,31,40H,7,20H2,1-6H3,(H,36,39)(H,37,42)/b9-8+/t26-,27+,29+,31+,32+,33?,48?/m0/s1. The van der Waals surface area contributed by atoms with E-state index in [4.69, 9.17) is 23.3 Å². The fourth-order valence-corrected chi connectivity index (χ4v) is 6.65. The van der Waals surface area contributed by atoms with Gasteiger partial charge in [0.15, 0.2) is 11.9 Å². The van der Waals surface area contributed by atoms with Crippen LogP contribution in [0.2, 0.25) is 0 Å². The fourth-order valence-electron chi connectivity index (χ4n) is 5.06. The Labute approximate surface area is 278 Å². The maximum atomic E-state index is 16.1. The molecule has 2 aromatic rings. The van der Waals surface area contributed by atoms with Gasteiger partial charge in [-0.15, -0.1) is 0 Å². The molecule has 2 heterocycles. The number of methoxy groups -OCH3 is 1. The van der Waals surface area contributed by atoms with Crippen molar-refractivity contribution in [1.82, 2.24) is 15.3 Å². The fraction of sp³-hybridized carbons (Fsp3) is 0.455. The normalized spacial score (nSPS) is 27.6. The van der Waals surface area contributed by atoms with Crippen molar-refractivity contribution in [3.05, 3.63) is 77.8 Å². The second-order valence-electron chi connectivity index (χ2n) is 11.9. The lowest BCUT2D eigenvalue weighted by atomic mass is 9.97. The Bertz CT molecular complexity index is 1540. The second-order valence-corrected chi connectivity index (χ2v) is 13.6. The molecular weight excluding hydrogens is 651 g/mol. The minimum absolute atomic E-state index is 0.114. The quantitative estimate of drug-likeness (QED) is 0.141. The number of ether oxygens (including phenoxy) is 3. The van der Waals surface area contributed by atoms with Crippen LogP contribution in [0.5, 0.6) is 5.75 Å². The van der Waals surface area contributed by atoms with Crippen LogP contribution in [0.1, 0.15) is 52.2 Å². The van der Waals surface area contributed by atoms with E-state index < -0.39 is 68.3 Å². The van der Waals surface area contributed by atoms with Gasteiger partial charge in [0.05, 0.1) is 12.7 Å². The average molecular weight is 694 g/mol. The molecule has 2 aliphatic rings. The molecule has 15 heteroatoms. The van der Waals surface area contributed by atoms with Crippen LogP contribution in [0.3, 0.4) is 0 Å². The SMILES string of the molecule is CC[C@H](NP(=O)(OC[C@H]1O[C@@H](N2C=CC(=O)NC2(C)OC)[C@](C)(F)[C@@H]1O)Oc1ccc(/C=C/c2ccc(F)cc2)cc1)C(=O)OC(C)C. The third-order valence-electron chi connectivity index (χ3n) is 7.81. The van der Waals surface area contributed by atoms with Gasteiger partial charge in [0.25, 0.3) is 0 Å². The molecule has 2 aliphatic heterocycles. The van der Waals surface area contributed by atoms with Gasteiger partial charge in [-0.3, -0.25) is 14.1 Å². The Morgan fingerprint density at radius 1 is 1.15 bits per heavy atom. The molecule has 262 valence electrons. The van der Waals surface area contributed by atoms with Crippen LogP contribution in [0, 0.1) is 5.82 Å².